The number of nitrogens with zero attached hydrogens (tertiary/aromatic N) is 1. The zero-order valence-electron chi connectivity index (χ0n) is 6.60. The van der Waals surface area contributed by atoms with E-state index in [9.17, 15) is 0 Å². The lowest BCUT2D eigenvalue weighted by molar-refractivity contribution is 0.518. The first kappa shape index (κ1) is 8.02. The topological polar surface area (TPSA) is 26.1 Å². The number of hydrogen-bond acceptors (Lipinski definition) is 1. The molecule has 0 aliphatic carbocycles. The van der Waals surface area contributed by atoms with E-state index in [2.05, 4.69) is 10.6 Å². The molecule has 1 rings (SSSR count). The smallest absolute Gasteiger partial charge is 0.0145 e. The van der Waals surface area contributed by atoms with Crippen molar-refractivity contribution >= 4 is 0 Å². The van der Waals surface area contributed by atoms with Gasteiger partial charge in [-0.25, -0.2) is 5.32 Å². The van der Waals surface area contributed by atoms with Crippen LogP contribution < -0.4 is 10.6 Å². The highest BCUT2D eigenvalue weighted by Crippen LogP contribution is 1.94. The highest BCUT2D eigenvalue weighted by molar-refractivity contribution is 4.55. The van der Waals surface area contributed by atoms with E-state index >= 15 is 0 Å². The fraction of sp³-hybridized carbons (Fsp3) is 1.00. The molecule has 0 saturated carbocycles. The summed E-state index contributed by atoms with van der Waals surface area (Å²) in [6.07, 6.45) is 5.19. The van der Waals surface area contributed by atoms with Crippen LogP contribution in [0.3, 0.4) is 0 Å². The first-order valence-electron chi connectivity index (χ1n) is 4.34. The van der Waals surface area contributed by atoms with Crippen molar-refractivity contribution in [2.24, 2.45) is 0 Å². The van der Waals surface area contributed by atoms with Gasteiger partial charge < -0.3 is 5.32 Å². The summed E-state index contributed by atoms with van der Waals surface area (Å²) in [6, 6.07) is 0. The number of rotatable bonds is 0. The molecule has 1 heterocycles. The predicted molar refractivity (Wildman–Crippen MR) is 43.2 cm³/mol. The molecule has 0 unspecified atom stereocenters. The largest absolute Gasteiger partial charge is 0.317 e. The van der Waals surface area contributed by atoms with Gasteiger partial charge >= 0.3 is 0 Å². The molecule has 1 radical (unpaired) electrons. The van der Waals surface area contributed by atoms with Gasteiger partial charge in [-0.2, -0.15) is 0 Å². The summed E-state index contributed by atoms with van der Waals surface area (Å²) in [7, 11) is 0. The van der Waals surface area contributed by atoms with Crippen LogP contribution in [0, 0.1) is 0 Å². The summed E-state index contributed by atoms with van der Waals surface area (Å²) in [5.41, 5.74) is 0. The van der Waals surface area contributed by atoms with Gasteiger partial charge in [0.25, 0.3) is 0 Å². The third-order valence-electron chi connectivity index (χ3n) is 1.84. The van der Waals surface area contributed by atoms with Gasteiger partial charge in [0.2, 0.25) is 0 Å². The van der Waals surface area contributed by atoms with Crippen LogP contribution >= 0.6 is 0 Å². The average molecular weight is 141 g/mol. The Kier molecular flexibility index (Phi) is 4.56. The minimum absolute atomic E-state index is 1.06. The second-order valence-corrected chi connectivity index (χ2v) is 2.84. The Balaban J connectivity index is 2.00. The molecule has 59 valence electrons. The molecule has 1 fully saturated rings. The zero-order chi connectivity index (χ0) is 7.07. The summed E-state index contributed by atoms with van der Waals surface area (Å²) in [4.78, 5) is 0. The van der Waals surface area contributed by atoms with Crippen molar-refractivity contribution in [3.63, 3.8) is 0 Å². The summed E-state index contributed by atoms with van der Waals surface area (Å²) in [5, 5.41) is 7.79. The van der Waals surface area contributed by atoms with Gasteiger partial charge in [-0.15, -0.1) is 0 Å². The van der Waals surface area contributed by atoms with Gasteiger partial charge in [-0.3, -0.25) is 0 Å². The number of hydrogen-bond donors (Lipinski definition) is 1. The Morgan fingerprint density at radius 2 is 1.60 bits per heavy atom. The van der Waals surface area contributed by atoms with Crippen molar-refractivity contribution < 1.29 is 0 Å². The minimum atomic E-state index is 1.06. The van der Waals surface area contributed by atoms with E-state index in [4.69, 9.17) is 0 Å². The van der Waals surface area contributed by atoms with Crippen LogP contribution in [-0.2, 0) is 0 Å². The van der Waals surface area contributed by atoms with Crippen LogP contribution in [-0.4, -0.2) is 26.2 Å². The SMILES string of the molecule is C1CC[N]CCCNCC1. The Hall–Kier alpha value is -0.0800. The third-order valence-corrected chi connectivity index (χ3v) is 1.84. The summed E-state index contributed by atoms with van der Waals surface area (Å²) in [6.45, 7) is 4.52. The molecule has 0 atom stereocenters. The molecule has 0 aromatic carbocycles. The van der Waals surface area contributed by atoms with Crippen molar-refractivity contribution in [1.82, 2.24) is 10.6 Å². The molecular weight excluding hydrogens is 124 g/mol. The van der Waals surface area contributed by atoms with E-state index in [0.29, 0.717) is 0 Å². The van der Waals surface area contributed by atoms with Crippen LogP contribution in [0.1, 0.15) is 25.7 Å². The molecule has 0 amide bonds. The van der Waals surface area contributed by atoms with Crippen LogP contribution in [0.15, 0.2) is 0 Å². The fourth-order valence-corrected chi connectivity index (χ4v) is 1.20. The molecule has 1 N–H and O–H groups in total. The maximum atomic E-state index is 4.39. The highest BCUT2D eigenvalue weighted by atomic mass is 14.9. The Labute approximate surface area is 63.4 Å². The molecule has 2 heteroatoms. The lowest BCUT2D eigenvalue weighted by atomic mass is 10.2. The van der Waals surface area contributed by atoms with Crippen LogP contribution in [0.25, 0.3) is 0 Å². The lowest BCUT2D eigenvalue weighted by Gasteiger charge is -2.07. The Morgan fingerprint density at radius 1 is 0.800 bits per heavy atom. The maximum absolute atomic E-state index is 4.39. The standard InChI is InChI=1S/C8H17N2/c1-2-5-9-7-4-8-10-6-3-1/h9H,1-8H2. The quantitative estimate of drug-likeness (QED) is 0.529. The van der Waals surface area contributed by atoms with Crippen molar-refractivity contribution in [2.75, 3.05) is 26.2 Å². The second kappa shape index (κ2) is 5.69. The van der Waals surface area contributed by atoms with Crippen LogP contribution in [0.2, 0.25) is 0 Å². The normalized spacial score (nSPS) is 24.0. The Bertz CT molecular complexity index is 40.4. The average Bonchev–Trinajstić information content (AvgIpc) is 2.01. The molecule has 0 spiro atoms. The molecular formula is C8H17N2. The van der Waals surface area contributed by atoms with Crippen LogP contribution in [0.5, 0.6) is 0 Å². The van der Waals surface area contributed by atoms with Gasteiger partial charge in [0.15, 0.2) is 0 Å². The Morgan fingerprint density at radius 3 is 2.60 bits per heavy atom. The summed E-state index contributed by atoms with van der Waals surface area (Å²) < 4.78 is 0. The second-order valence-electron chi connectivity index (χ2n) is 2.84. The van der Waals surface area contributed by atoms with Crippen LogP contribution in [0.4, 0.5) is 0 Å². The first-order valence-corrected chi connectivity index (χ1v) is 4.34. The molecule has 0 aromatic rings. The van der Waals surface area contributed by atoms with Gasteiger partial charge in [0.1, 0.15) is 0 Å². The molecule has 1 aliphatic rings. The lowest BCUT2D eigenvalue weighted by Crippen LogP contribution is -2.22. The van der Waals surface area contributed by atoms with E-state index < -0.39 is 0 Å². The van der Waals surface area contributed by atoms with Gasteiger partial charge in [-0.1, -0.05) is 6.42 Å². The predicted octanol–water partition coefficient (Wildman–Crippen LogP) is 0.754. The zero-order valence-corrected chi connectivity index (χ0v) is 6.60. The van der Waals surface area contributed by atoms with Crippen molar-refractivity contribution in [1.29, 1.82) is 0 Å². The van der Waals surface area contributed by atoms with Crippen molar-refractivity contribution in [2.45, 2.75) is 25.7 Å². The highest BCUT2D eigenvalue weighted by Gasteiger charge is 1.94. The molecule has 2 nitrogen and oxygen atoms in total. The van der Waals surface area contributed by atoms with E-state index in [1.807, 2.05) is 0 Å². The van der Waals surface area contributed by atoms with E-state index in [1.54, 1.807) is 0 Å². The van der Waals surface area contributed by atoms with Gasteiger partial charge in [-0.05, 0) is 32.4 Å². The maximum Gasteiger partial charge on any atom is 0.0145 e. The third kappa shape index (κ3) is 3.85. The summed E-state index contributed by atoms with van der Waals surface area (Å²) >= 11 is 0. The molecule has 1 saturated heterocycles. The molecule has 0 aromatic heterocycles. The monoisotopic (exact) mass is 141 g/mol. The molecule has 0 bridgehead atoms. The van der Waals surface area contributed by atoms with Crippen molar-refractivity contribution in [3.05, 3.63) is 0 Å². The van der Waals surface area contributed by atoms with E-state index in [1.165, 1.54) is 32.2 Å². The van der Waals surface area contributed by atoms with Gasteiger partial charge in [0.05, 0.1) is 0 Å². The first-order chi connectivity index (χ1) is 5.00. The van der Waals surface area contributed by atoms with E-state index in [0.717, 1.165) is 19.6 Å². The molecule has 10 heavy (non-hydrogen) atoms. The van der Waals surface area contributed by atoms with E-state index in [-0.39, 0.29) is 0 Å². The van der Waals surface area contributed by atoms with Gasteiger partial charge in [0, 0.05) is 13.1 Å². The summed E-state index contributed by atoms with van der Waals surface area (Å²) in [5.74, 6) is 0. The minimum Gasteiger partial charge on any atom is -0.317 e. The fourth-order valence-electron chi connectivity index (χ4n) is 1.20. The number of nitrogens with one attached hydrogen (secondary N) is 1. The molecule has 1 aliphatic heterocycles. The van der Waals surface area contributed by atoms with Crippen molar-refractivity contribution in [3.8, 4) is 0 Å².